The van der Waals surface area contributed by atoms with Gasteiger partial charge in [0.15, 0.2) is 5.76 Å². The molecule has 2 aromatic carbocycles. The third-order valence-corrected chi connectivity index (χ3v) is 4.33. The average molecular weight is 381 g/mol. The van der Waals surface area contributed by atoms with Crippen LogP contribution in [0.25, 0.3) is 22.6 Å². The van der Waals surface area contributed by atoms with Crippen LogP contribution in [0.15, 0.2) is 51.4 Å². The fraction of sp³-hybridized carbons (Fsp3) is 0.150. The normalized spacial score (nSPS) is 11.0. The molecule has 0 aliphatic heterocycles. The first-order valence-corrected chi connectivity index (χ1v) is 8.49. The number of carbonyl (C=O) groups excluding carboxylic acids is 1. The molecule has 0 radical (unpaired) electrons. The number of methoxy groups -OCH3 is 1. The van der Waals surface area contributed by atoms with Crippen LogP contribution in [0.2, 0.25) is 0 Å². The minimum atomic E-state index is -0.529. The molecule has 8 heteroatoms. The lowest BCUT2D eigenvalue weighted by Crippen LogP contribution is -2.23. The van der Waals surface area contributed by atoms with Gasteiger partial charge in [0, 0.05) is 17.5 Å². The largest absolute Gasteiger partial charge is 0.497 e. The average Bonchev–Trinajstić information content (AvgIpc) is 3.32. The highest BCUT2D eigenvalue weighted by Gasteiger charge is 2.21. The molecule has 0 atom stereocenters. The summed E-state index contributed by atoms with van der Waals surface area (Å²) in [6.45, 7) is 2.07. The number of nitrogens with zero attached hydrogens (tertiary/aromatic N) is 2. The lowest BCUT2D eigenvalue weighted by atomic mass is 10.1. The predicted molar refractivity (Wildman–Crippen MR) is 98.4 cm³/mol. The van der Waals surface area contributed by atoms with Crippen LogP contribution < -0.4 is 10.1 Å². The van der Waals surface area contributed by atoms with Crippen LogP contribution in [0.5, 0.6) is 5.75 Å². The highest BCUT2D eigenvalue weighted by atomic mass is 19.1. The van der Waals surface area contributed by atoms with Gasteiger partial charge in [0.2, 0.25) is 5.82 Å². The Morgan fingerprint density at radius 3 is 2.75 bits per heavy atom. The number of amides is 1. The first-order chi connectivity index (χ1) is 13.5. The van der Waals surface area contributed by atoms with Crippen molar-refractivity contribution in [2.45, 2.75) is 13.5 Å². The van der Waals surface area contributed by atoms with E-state index in [1.165, 1.54) is 12.1 Å². The lowest BCUT2D eigenvalue weighted by Gasteiger charge is -2.01. The fourth-order valence-electron chi connectivity index (χ4n) is 2.81. The van der Waals surface area contributed by atoms with E-state index in [4.69, 9.17) is 13.7 Å². The van der Waals surface area contributed by atoms with Gasteiger partial charge in [-0.2, -0.15) is 4.98 Å². The molecule has 28 heavy (non-hydrogen) atoms. The minimum absolute atomic E-state index is 0.180. The summed E-state index contributed by atoms with van der Waals surface area (Å²) in [7, 11) is 1.59. The Bertz CT molecular complexity index is 1150. The summed E-state index contributed by atoms with van der Waals surface area (Å²) in [5.41, 5.74) is 2.21. The van der Waals surface area contributed by atoms with Crippen molar-refractivity contribution in [2.24, 2.45) is 0 Å². The number of fused-ring (bicyclic) bond motifs is 1. The van der Waals surface area contributed by atoms with Gasteiger partial charge in [-0.25, -0.2) is 4.39 Å². The molecule has 0 fully saturated rings. The Morgan fingerprint density at radius 1 is 1.21 bits per heavy atom. The van der Waals surface area contributed by atoms with Crippen molar-refractivity contribution >= 4 is 16.9 Å². The first-order valence-electron chi connectivity index (χ1n) is 8.49. The summed E-state index contributed by atoms with van der Waals surface area (Å²) < 4.78 is 29.0. The number of aryl methyl sites for hydroxylation is 1. The Kier molecular flexibility index (Phi) is 4.52. The molecule has 0 aliphatic rings. The second kappa shape index (κ2) is 7.15. The molecule has 1 N–H and O–H groups in total. The maximum atomic E-state index is 12.9. The highest BCUT2D eigenvalue weighted by Crippen LogP contribution is 2.33. The summed E-state index contributed by atoms with van der Waals surface area (Å²) in [5, 5.41) is 7.36. The maximum absolute atomic E-state index is 12.9. The predicted octanol–water partition coefficient (Wildman–Crippen LogP) is 3.87. The number of rotatable bonds is 5. The van der Waals surface area contributed by atoms with E-state index < -0.39 is 5.91 Å². The van der Waals surface area contributed by atoms with Crippen LogP contribution >= 0.6 is 0 Å². The molecule has 0 saturated carbocycles. The van der Waals surface area contributed by atoms with Gasteiger partial charge in [-0.15, -0.1) is 0 Å². The third kappa shape index (κ3) is 3.32. The minimum Gasteiger partial charge on any atom is -0.497 e. The quantitative estimate of drug-likeness (QED) is 0.564. The molecule has 7 nitrogen and oxygen atoms in total. The third-order valence-electron chi connectivity index (χ3n) is 4.33. The number of furan rings is 1. The molecule has 0 unspecified atom stereocenters. The second-order valence-electron chi connectivity index (χ2n) is 6.15. The van der Waals surface area contributed by atoms with E-state index in [2.05, 4.69) is 15.5 Å². The molecular formula is C20H16FN3O4. The van der Waals surface area contributed by atoms with Crippen LogP contribution in [0.4, 0.5) is 4.39 Å². The van der Waals surface area contributed by atoms with E-state index in [-0.39, 0.29) is 24.1 Å². The number of nitrogens with one attached hydrogen (secondary N) is 1. The van der Waals surface area contributed by atoms with Gasteiger partial charge < -0.3 is 19.0 Å². The molecule has 0 bridgehead atoms. The molecule has 4 aromatic rings. The molecule has 4 rings (SSSR count). The van der Waals surface area contributed by atoms with Crippen LogP contribution in [-0.4, -0.2) is 23.2 Å². The Labute approximate surface area is 159 Å². The van der Waals surface area contributed by atoms with Crippen molar-refractivity contribution in [1.82, 2.24) is 15.5 Å². The van der Waals surface area contributed by atoms with E-state index in [9.17, 15) is 9.18 Å². The molecule has 2 aromatic heterocycles. The van der Waals surface area contributed by atoms with Gasteiger partial charge in [-0.3, -0.25) is 4.79 Å². The summed E-state index contributed by atoms with van der Waals surface area (Å²) in [6, 6.07) is 11.3. The maximum Gasteiger partial charge on any atom is 0.316 e. The first kappa shape index (κ1) is 17.7. The second-order valence-corrected chi connectivity index (χ2v) is 6.15. The van der Waals surface area contributed by atoms with Crippen molar-refractivity contribution in [2.75, 3.05) is 7.11 Å². The Hall–Kier alpha value is -3.68. The molecule has 0 spiro atoms. The zero-order valence-corrected chi connectivity index (χ0v) is 15.2. The number of benzene rings is 2. The van der Waals surface area contributed by atoms with Crippen molar-refractivity contribution < 1.29 is 22.9 Å². The van der Waals surface area contributed by atoms with Gasteiger partial charge in [0.05, 0.1) is 7.11 Å². The van der Waals surface area contributed by atoms with Gasteiger partial charge in [0.1, 0.15) is 17.1 Å². The number of hydrogen-bond donors (Lipinski definition) is 1. The molecular weight excluding hydrogens is 365 g/mol. The monoisotopic (exact) mass is 381 g/mol. The smallest absolute Gasteiger partial charge is 0.316 e. The summed E-state index contributed by atoms with van der Waals surface area (Å²) in [6.07, 6.45) is 0. The van der Waals surface area contributed by atoms with Crippen molar-refractivity contribution in [1.29, 1.82) is 0 Å². The number of hydrogen-bond acceptors (Lipinski definition) is 6. The highest BCUT2D eigenvalue weighted by molar-refractivity contribution is 5.91. The van der Waals surface area contributed by atoms with E-state index in [0.29, 0.717) is 17.1 Å². The zero-order valence-electron chi connectivity index (χ0n) is 15.2. The van der Waals surface area contributed by atoms with E-state index in [1.54, 1.807) is 31.4 Å². The standard InChI is InChI=1S/C20H16FN3O4/c1-11-15-9-14(26-2)7-8-16(15)27-17(11)18-23-20(28-24-18)19(25)22-10-12-3-5-13(21)6-4-12/h3-9H,10H2,1-2H3,(H,22,25). The van der Waals surface area contributed by atoms with Crippen molar-refractivity contribution in [3.63, 3.8) is 0 Å². The van der Waals surface area contributed by atoms with Crippen molar-refractivity contribution in [3.8, 4) is 17.3 Å². The van der Waals surface area contributed by atoms with E-state index in [0.717, 1.165) is 16.5 Å². The molecule has 0 saturated heterocycles. The fourth-order valence-corrected chi connectivity index (χ4v) is 2.81. The molecule has 1 amide bonds. The van der Waals surface area contributed by atoms with Crippen molar-refractivity contribution in [3.05, 3.63) is 65.3 Å². The molecule has 2 heterocycles. The van der Waals surface area contributed by atoms with Crippen LogP contribution in [0.3, 0.4) is 0 Å². The summed E-state index contributed by atoms with van der Waals surface area (Å²) in [4.78, 5) is 16.4. The lowest BCUT2D eigenvalue weighted by molar-refractivity contribution is 0.0907. The zero-order chi connectivity index (χ0) is 19.7. The van der Waals surface area contributed by atoms with Crippen LogP contribution in [0, 0.1) is 12.7 Å². The van der Waals surface area contributed by atoms with E-state index in [1.807, 2.05) is 13.0 Å². The van der Waals surface area contributed by atoms with Gasteiger partial charge >= 0.3 is 11.8 Å². The van der Waals surface area contributed by atoms with Crippen LogP contribution in [-0.2, 0) is 6.54 Å². The summed E-state index contributed by atoms with van der Waals surface area (Å²) >= 11 is 0. The van der Waals surface area contributed by atoms with Gasteiger partial charge in [-0.1, -0.05) is 17.3 Å². The van der Waals surface area contributed by atoms with Crippen LogP contribution in [0.1, 0.15) is 21.8 Å². The number of ether oxygens (including phenoxy) is 1. The SMILES string of the molecule is COc1ccc2oc(-c3noc(C(=O)NCc4ccc(F)cc4)n3)c(C)c2c1. The Balaban J connectivity index is 1.53. The van der Waals surface area contributed by atoms with Gasteiger partial charge in [-0.05, 0) is 42.8 Å². The topological polar surface area (TPSA) is 90.4 Å². The molecule has 0 aliphatic carbocycles. The Morgan fingerprint density at radius 2 is 2.00 bits per heavy atom. The number of carbonyl (C=O) groups is 1. The van der Waals surface area contributed by atoms with Gasteiger partial charge in [0.25, 0.3) is 0 Å². The number of aromatic nitrogens is 2. The number of halogens is 1. The molecule has 142 valence electrons. The summed E-state index contributed by atoms with van der Waals surface area (Å²) in [5.74, 6) is 0.254. The van der Waals surface area contributed by atoms with E-state index >= 15 is 0 Å².